The predicted octanol–water partition coefficient (Wildman–Crippen LogP) is 5.33. The zero-order chi connectivity index (χ0) is 19.6. The smallest absolute Gasteiger partial charge is 0.133 e. The van der Waals surface area contributed by atoms with Crippen LogP contribution in [0.15, 0.2) is 40.2 Å². The molecule has 0 fully saturated rings. The average Bonchev–Trinajstić information content (AvgIpc) is 2.98. The summed E-state index contributed by atoms with van der Waals surface area (Å²) in [5.74, 6) is -0.935. The van der Waals surface area contributed by atoms with E-state index in [4.69, 9.17) is 9.52 Å². The number of fused-ring (bicyclic) bond motifs is 1. The molecule has 0 heterocycles. The number of halogens is 2. The molecule has 0 saturated heterocycles. The van der Waals surface area contributed by atoms with Crippen molar-refractivity contribution in [1.29, 1.82) is 4.78 Å². The van der Waals surface area contributed by atoms with Gasteiger partial charge in [0, 0.05) is 47.8 Å². The highest BCUT2D eigenvalue weighted by atomic mass is 32.2. The monoisotopic (exact) mass is 392 g/mol. The van der Waals surface area contributed by atoms with Gasteiger partial charge in [-0.1, -0.05) is 13.3 Å². The molecule has 0 aromatic heterocycles. The SMILES string of the molecule is CCCCN=C1CCc2c(Oc3cc(F)cc(F)c3)ccc(S(C)(=N)=O)c21. The van der Waals surface area contributed by atoms with Crippen LogP contribution in [-0.2, 0) is 16.1 Å². The Bertz CT molecular complexity index is 981. The second kappa shape index (κ2) is 7.76. The van der Waals surface area contributed by atoms with Crippen molar-refractivity contribution in [1.82, 2.24) is 0 Å². The summed E-state index contributed by atoms with van der Waals surface area (Å²) in [5, 5.41) is 0. The van der Waals surface area contributed by atoms with Gasteiger partial charge in [0.25, 0.3) is 0 Å². The molecule has 0 amide bonds. The van der Waals surface area contributed by atoms with Crippen molar-refractivity contribution in [2.24, 2.45) is 4.99 Å². The molecule has 2 aromatic rings. The van der Waals surface area contributed by atoms with Gasteiger partial charge in [-0.05, 0) is 31.4 Å². The van der Waals surface area contributed by atoms with Crippen LogP contribution in [0, 0.1) is 16.4 Å². The van der Waals surface area contributed by atoms with Gasteiger partial charge in [-0.25, -0.2) is 17.8 Å². The number of benzene rings is 2. The Balaban J connectivity index is 2.07. The maximum Gasteiger partial charge on any atom is 0.133 e. The highest BCUT2D eigenvalue weighted by Gasteiger charge is 2.27. The van der Waals surface area contributed by atoms with Crippen LogP contribution < -0.4 is 4.74 Å². The topological polar surface area (TPSA) is 62.5 Å². The lowest BCUT2D eigenvalue weighted by Gasteiger charge is -2.14. The van der Waals surface area contributed by atoms with E-state index in [-0.39, 0.29) is 5.75 Å². The first-order valence-electron chi connectivity index (χ1n) is 8.87. The quantitative estimate of drug-likeness (QED) is 0.676. The third kappa shape index (κ3) is 4.35. The molecule has 0 radical (unpaired) electrons. The largest absolute Gasteiger partial charge is 0.457 e. The second-order valence-corrected chi connectivity index (χ2v) is 8.78. The van der Waals surface area contributed by atoms with E-state index in [1.165, 1.54) is 6.26 Å². The average molecular weight is 392 g/mol. The lowest BCUT2D eigenvalue weighted by Crippen LogP contribution is -2.07. The molecule has 2 aromatic carbocycles. The molecule has 1 N–H and O–H groups in total. The van der Waals surface area contributed by atoms with Gasteiger partial charge in [-0.3, -0.25) is 4.99 Å². The van der Waals surface area contributed by atoms with Gasteiger partial charge in [-0.2, -0.15) is 0 Å². The number of rotatable bonds is 6. The van der Waals surface area contributed by atoms with E-state index in [0.29, 0.717) is 35.6 Å². The van der Waals surface area contributed by atoms with Crippen molar-refractivity contribution < 1.29 is 17.7 Å². The summed E-state index contributed by atoms with van der Waals surface area (Å²) in [5.41, 5.74) is 2.31. The van der Waals surface area contributed by atoms with Crippen LogP contribution in [0.3, 0.4) is 0 Å². The first kappa shape index (κ1) is 19.5. The molecule has 7 heteroatoms. The minimum absolute atomic E-state index is 0.0573. The normalized spacial score (nSPS) is 17.0. The molecular formula is C20H22F2N2O2S. The van der Waals surface area contributed by atoms with Crippen LogP contribution >= 0.6 is 0 Å². The zero-order valence-electron chi connectivity index (χ0n) is 15.4. The Morgan fingerprint density at radius 3 is 2.52 bits per heavy atom. The molecule has 0 saturated carbocycles. The van der Waals surface area contributed by atoms with E-state index in [1.807, 2.05) is 0 Å². The van der Waals surface area contributed by atoms with Gasteiger partial charge in [-0.15, -0.1) is 0 Å². The Morgan fingerprint density at radius 2 is 1.89 bits per heavy atom. The van der Waals surface area contributed by atoms with E-state index in [2.05, 4.69) is 11.9 Å². The van der Waals surface area contributed by atoms with Gasteiger partial charge in [0.2, 0.25) is 0 Å². The van der Waals surface area contributed by atoms with Crippen LogP contribution in [0.4, 0.5) is 8.78 Å². The minimum atomic E-state index is -2.95. The van der Waals surface area contributed by atoms with E-state index < -0.39 is 21.4 Å². The third-order valence-electron chi connectivity index (χ3n) is 4.43. The summed E-state index contributed by atoms with van der Waals surface area (Å²) in [6.07, 6.45) is 4.65. The second-order valence-electron chi connectivity index (χ2n) is 6.65. The van der Waals surface area contributed by atoms with Gasteiger partial charge < -0.3 is 4.74 Å². The highest BCUT2D eigenvalue weighted by Crippen LogP contribution is 2.38. The number of nitrogens with one attached hydrogen (secondary N) is 1. The number of nitrogens with zero attached hydrogens (tertiary/aromatic N) is 1. The number of hydrogen-bond acceptors (Lipinski definition) is 4. The summed E-state index contributed by atoms with van der Waals surface area (Å²) in [6, 6.07) is 6.22. The van der Waals surface area contributed by atoms with Gasteiger partial charge in [0.15, 0.2) is 0 Å². The van der Waals surface area contributed by atoms with Crippen molar-refractivity contribution in [3.8, 4) is 11.5 Å². The molecular weight excluding hydrogens is 370 g/mol. The summed E-state index contributed by atoms with van der Waals surface area (Å²) >= 11 is 0. The van der Waals surface area contributed by atoms with Crippen molar-refractivity contribution in [2.45, 2.75) is 37.5 Å². The maximum atomic E-state index is 13.5. The fourth-order valence-corrected chi connectivity index (χ4v) is 4.16. The molecule has 0 spiro atoms. The van der Waals surface area contributed by atoms with E-state index in [0.717, 1.165) is 42.3 Å². The maximum absolute atomic E-state index is 13.5. The Labute approximate surface area is 158 Å². The van der Waals surface area contributed by atoms with Crippen LogP contribution in [0.5, 0.6) is 11.5 Å². The van der Waals surface area contributed by atoms with Crippen LogP contribution in [0.25, 0.3) is 0 Å². The number of ether oxygens (including phenoxy) is 1. The molecule has 1 atom stereocenters. The first-order chi connectivity index (χ1) is 12.8. The first-order valence-corrected chi connectivity index (χ1v) is 10.8. The zero-order valence-corrected chi connectivity index (χ0v) is 16.2. The summed E-state index contributed by atoms with van der Waals surface area (Å²) < 4.78 is 53.1. The Hall–Kier alpha value is -2.28. The fourth-order valence-electron chi connectivity index (χ4n) is 3.21. The molecule has 1 unspecified atom stereocenters. The molecule has 27 heavy (non-hydrogen) atoms. The molecule has 0 bridgehead atoms. The number of hydrogen-bond donors (Lipinski definition) is 1. The third-order valence-corrected chi connectivity index (χ3v) is 5.61. The van der Waals surface area contributed by atoms with Crippen LogP contribution in [0.1, 0.15) is 37.3 Å². The molecule has 4 nitrogen and oxygen atoms in total. The molecule has 144 valence electrons. The lowest BCUT2D eigenvalue weighted by atomic mass is 10.1. The van der Waals surface area contributed by atoms with Gasteiger partial charge in [0.1, 0.15) is 23.1 Å². The summed E-state index contributed by atoms with van der Waals surface area (Å²) in [7, 11) is -2.95. The van der Waals surface area contributed by atoms with E-state index in [9.17, 15) is 13.0 Å². The summed E-state index contributed by atoms with van der Waals surface area (Å²) in [6.45, 7) is 2.76. The molecule has 3 rings (SSSR count). The lowest BCUT2D eigenvalue weighted by molar-refractivity contribution is 0.463. The van der Waals surface area contributed by atoms with Crippen LogP contribution in [-0.4, -0.2) is 22.7 Å². The molecule has 0 aliphatic heterocycles. The Morgan fingerprint density at radius 1 is 1.19 bits per heavy atom. The van der Waals surface area contributed by atoms with Crippen molar-refractivity contribution in [3.05, 3.63) is 53.1 Å². The number of aliphatic imine (C=N–C) groups is 1. The van der Waals surface area contributed by atoms with Crippen molar-refractivity contribution >= 4 is 15.4 Å². The predicted molar refractivity (Wildman–Crippen MR) is 103 cm³/mol. The molecule has 1 aliphatic rings. The number of unbranched alkanes of at least 4 members (excludes halogenated alkanes) is 1. The summed E-state index contributed by atoms with van der Waals surface area (Å²) in [4.78, 5) is 5.07. The standard InChI is InChI=1S/C20H22F2N2O2S/c1-3-4-9-24-17-6-5-16-18(7-8-19(20(16)17)27(2,23)25)26-15-11-13(21)10-14(22)12-15/h7-8,10-12,23H,3-6,9H2,1-2H3. The highest BCUT2D eigenvalue weighted by molar-refractivity contribution is 7.91. The fraction of sp³-hybridized carbons (Fsp3) is 0.350. The van der Waals surface area contributed by atoms with Crippen molar-refractivity contribution in [2.75, 3.05) is 12.8 Å². The molecule has 1 aliphatic carbocycles. The van der Waals surface area contributed by atoms with E-state index >= 15 is 0 Å². The Kier molecular flexibility index (Phi) is 5.60. The van der Waals surface area contributed by atoms with Gasteiger partial charge in [0.05, 0.1) is 14.6 Å². The van der Waals surface area contributed by atoms with Crippen molar-refractivity contribution in [3.63, 3.8) is 0 Å². The minimum Gasteiger partial charge on any atom is -0.457 e. The van der Waals surface area contributed by atoms with Gasteiger partial charge >= 0.3 is 0 Å². The van der Waals surface area contributed by atoms with E-state index in [1.54, 1.807) is 12.1 Å². The van der Waals surface area contributed by atoms with Crippen LogP contribution in [0.2, 0.25) is 0 Å².